The van der Waals surface area contributed by atoms with Crippen LogP contribution in [0.15, 0.2) is 79.0 Å². The smallest absolute Gasteiger partial charge is 0.224 e. The first-order valence-electron chi connectivity index (χ1n) is 16.4. The Morgan fingerprint density at radius 3 is 2.06 bits per heavy atom. The van der Waals surface area contributed by atoms with E-state index in [0.29, 0.717) is 31.6 Å². The normalized spacial score (nSPS) is 15.0. The first-order chi connectivity index (χ1) is 22.6. The van der Waals surface area contributed by atoms with Gasteiger partial charge in [0.25, 0.3) is 0 Å². The van der Waals surface area contributed by atoms with Crippen molar-refractivity contribution in [1.82, 2.24) is 10.3 Å². The summed E-state index contributed by atoms with van der Waals surface area (Å²) in [4.78, 5) is 72.8. The van der Waals surface area contributed by atoms with E-state index in [-0.39, 0.29) is 36.7 Å². The highest BCUT2D eigenvalue weighted by Crippen LogP contribution is 2.22. The van der Waals surface area contributed by atoms with Crippen molar-refractivity contribution in [3.63, 3.8) is 0 Å². The quantitative estimate of drug-likeness (QED) is 0.164. The lowest BCUT2D eigenvalue weighted by Crippen LogP contribution is -2.44. The number of hydrogen-bond acceptors (Lipinski definition) is 8. The number of nitrogens with zero attached hydrogens (tertiary/aromatic N) is 2. The highest BCUT2D eigenvalue weighted by atomic mass is 16.5. The molecule has 9 nitrogen and oxygen atoms in total. The Morgan fingerprint density at radius 1 is 0.830 bits per heavy atom. The number of aryl methyl sites for hydroxylation is 1. The first kappa shape index (κ1) is 35.4. The van der Waals surface area contributed by atoms with Gasteiger partial charge in [-0.05, 0) is 48.9 Å². The molecule has 0 spiro atoms. The molecule has 9 heteroatoms. The molecule has 1 N–H and O–H groups in total. The van der Waals surface area contributed by atoms with Crippen LogP contribution in [0.5, 0.6) is 0 Å². The van der Waals surface area contributed by atoms with Crippen LogP contribution in [0.1, 0.15) is 61.5 Å². The van der Waals surface area contributed by atoms with Gasteiger partial charge >= 0.3 is 0 Å². The lowest BCUT2D eigenvalue weighted by Gasteiger charge is -2.27. The van der Waals surface area contributed by atoms with Gasteiger partial charge in [-0.2, -0.15) is 0 Å². The number of rotatable bonds is 17. The van der Waals surface area contributed by atoms with Crippen molar-refractivity contribution in [3.05, 3.63) is 95.7 Å². The van der Waals surface area contributed by atoms with Gasteiger partial charge in [-0.1, -0.05) is 74.5 Å². The van der Waals surface area contributed by atoms with Gasteiger partial charge in [0.15, 0.2) is 17.3 Å². The molecule has 3 aromatic rings. The molecule has 1 fully saturated rings. The average molecular weight is 640 g/mol. The number of anilines is 1. The fourth-order valence-corrected chi connectivity index (χ4v) is 5.70. The van der Waals surface area contributed by atoms with Crippen molar-refractivity contribution in [2.75, 3.05) is 31.2 Å². The molecule has 248 valence electrons. The maximum Gasteiger partial charge on any atom is 0.224 e. The van der Waals surface area contributed by atoms with E-state index in [2.05, 4.69) is 15.2 Å². The number of amides is 1. The second-order valence-electron chi connectivity index (χ2n) is 12.5. The second kappa shape index (κ2) is 17.4. The number of pyridine rings is 1. The van der Waals surface area contributed by atoms with Crippen LogP contribution in [-0.4, -0.2) is 66.4 Å². The first-order valence-corrected chi connectivity index (χ1v) is 16.4. The number of nitrogens with one attached hydrogen (secondary N) is 1. The zero-order chi connectivity index (χ0) is 33.8. The summed E-state index contributed by atoms with van der Waals surface area (Å²) < 4.78 is 5.40. The predicted octanol–water partition coefficient (Wildman–Crippen LogP) is 4.86. The lowest BCUT2D eigenvalue weighted by atomic mass is 9.83. The Balaban J connectivity index is 1.38. The van der Waals surface area contributed by atoms with Gasteiger partial charge in [0.1, 0.15) is 5.82 Å². The molecule has 0 unspecified atom stereocenters. The van der Waals surface area contributed by atoms with Crippen LogP contribution in [0.3, 0.4) is 0 Å². The van der Waals surface area contributed by atoms with Crippen molar-refractivity contribution in [2.24, 2.45) is 17.8 Å². The molecule has 1 saturated heterocycles. The summed E-state index contributed by atoms with van der Waals surface area (Å²) in [5.74, 6) is -3.01. The molecule has 1 aliphatic rings. The van der Waals surface area contributed by atoms with E-state index < -0.39 is 35.4 Å². The minimum atomic E-state index is -0.904. The number of benzene rings is 2. The van der Waals surface area contributed by atoms with E-state index in [4.69, 9.17) is 4.74 Å². The third-order valence-corrected chi connectivity index (χ3v) is 8.70. The molecule has 3 atom stereocenters. The molecular weight excluding hydrogens is 594 g/mol. The topological polar surface area (TPSA) is 123 Å². The number of aromatic nitrogens is 1. The van der Waals surface area contributed by atoms with Crippen LogP contribution in [0.2, 0.25) is 0 Å². The van der Waals surface area contributed by atoms with Gasteiger partial charge in [-0.25, -0.2) is 4.98 Å². The Labute approximate surface area is 277 Å². The Morgan fingerprint density at radius 2 is 1.47 bits per heavy atom. The fourth-order valence-electron chi connectivity index (χ4n) is 5.70. The average Bonchev–Trinajstić information content (AvgIpc) is 3.10. The number of carbonyl (C=O) groups excluding carboxylic acids is 5. The molecule has 4 rings (SSSR count). The summed E-state index contributed by atoms with van der Waals surface area (Å²) >= 11 is 0. The third-order valence-electron chi connectivity index (χ3n) is 8.70. The van der Waals surface area contributed by atoms with Crippen molar-refractivity contribution in [2.45, 2.75) is 58.9 Å². The van der Waals surface area contributed by atoms with E-state index >= 15 is 0 Å². The maximum absolute atomic E-state index is 13.6. The van der Waals surface area contributed by atoms with Crippen LogP contribution in [-0.2, 0) is 36.8 Å². The zero-order valence-electron chi connectivity index (χ0n) is 27.5. The van der Waals surface area contributed by atoms with Gasteiger partial charge < -0.3 is 15.0 Å². The number of carbonyl (C=O) groups is 5. The van der Waals surface area contributed by atoms with Crippen molar-refractivity contribution >= 4 is 34.9 Å². The molecule has 2 heterocycles. The Hall–Kier alpha value is -4.50. The zero-order valence-corrected chi connectivity index (χ0v) is 27.5. The number of ether oxygens (including phenoxy) is 1. The number of morpholine rings is 1. The molecular formula is C38H45N3O6. The van der Waals surface area contributed by atoms with E-state index in [9.17, 15) is 24.0 Å². The Kier molecular flexibility index (Phi) is 13.1. The van der Waals surface area contributed by atoms with Crippen molar-refractivity contribution < 1.29 is 28.7 Å². The van der Waals surface area contributed by atoms with Gasteiger partial charge in [-0.15, -0.1) is 0 Å². The largest absolute Gasteiger partial charge is 0.378 e. The van der Waals surface area contributed by atoms with Gasteiger partial charge in [-0.3, -0.25) is 24.0 Å². The monoisotopic (exact) mass is 639 g/mol. The molecule has 0 radical (unpaired) electrons. The van der Waals surface area contributed by atoms with E-state index in [1.165, 1.54) is 0 Å². The van der Waals surface area contributed by atoms with E-state index in [0.717, 1.165) is 30.0 Å². The lowest BCUT2D eigenvalue weighted by molar-refractivity contribution is -0.141. The second-order valence-corrected chi connectivity index (χ2v) is 12.5. The molecule has 2 aromatic carbocycles. The molecule has 1 amide bonds. The summed E-state index contributed by atoms with van der Waals surface area (Å²) in [6, 6.07) is 21.5. The molecule has 47 heavy (non-hydrogen) atoms. The minimum Gasteiger partial charge on any atom is -0.378 e. The SMILES string of the molecule is CC(C)[C@H](CC(=O)[C@H](C)NC(=O)[C@@H](CC(=O)c1ccc(N2CCOCC2)nc1)Cc1ccccc1)C(=O)C(=O)CCc1ccccc1. The Bertz CT molecular complexity index is 1500. The summed E-state index contributed by atoms with van der Waals surface area (Å²) in [5.41, 5.74) is 2.26. The summed E-state index contributed by atoms with van der Waals surface area (Å²) in [7, 11) is 0. The molecule has 1 aromatic heterocycles. The van der Waals surface area contributed by atoms with Gasteiger partial charge in [0, 0.05) is 55.9 Å². The maximum atomic E-state index is 13.6. The number of hydrogen-bond donors (Lipinski definition) is 1. The minimum absolute atomic E-state index is 0.0662. The molecule has 0 bridgehead atoms. The highest BCUT2D eigenvalue weighted by Gasteiger charge is 2.32. The van der Waals surface area contributed by atoms with Crippen LogP contribution in [0.4, 0.5) is 5.82 Å². The molecule has 0 aliphatic carbocycles. The molecule has 0 saturated carbocycles. The van der Waals surface area contributed by atoms with Crippen LogP contribution in [0, 0.1) is 17.8 Å². The van der Waals surface area contributed by atoms with E-state index in [1.807, 2.05) is 80.6 Å². The standard InChI is InChI=1S/C38H45N3O6/c1-26(2)32(37(45)33(42)16-14-28-10-6-4-7-11-28)24-34(43)27(3)40-38(46)31(22-29-12-8-5-9-13-29)23-35(44)30-15-17-36(39-25-30)41-18-20-47-21-19-41/h4-13,15,17,25-27,31-32H,14,16,18-24H2,1-3H3,(H,40,46)/t27-,31+,32-/m0/s1. The highest BCUT2D eigenvalue weighted by molar-refractivity contribution is 6.38. The summed E-state index contributed by atoms with van der Waals surface area (Å²) in [6.45, 7) is 7.91. The predicted molar refractivity (Wildman–Crippen MR) is 180 cm³/mol. The van der Waals surface area contributed by atoms with Crippen LogP contribution >= 0.6 is 0 Å². The van der Waals surface area contributed by atoms with Gasteiger partial charge in [0.2, 0.25) is 11.7 Å². The van der Waals surface area contributed by atoms with Crippen molar-refractivity contribution in [1.29, 1.82) is 0 Å². The fraction of sp³-hybridized carbons (Fsp3) is 0.421. The number of ketones is 4. The summed E-state index contributed by atoms with van der Waals surface area (Å²) in [5, 5.41) is 2.80. The third kappa shape index (κ3) is 10.5. The van der Waals surface area contributed by atoms with E-state index in [1.54, 1.807) is 19.2 Å². The van der Waals surface area contributed by atoms with Crippen LogP contribution < -0.4 is 10.2 Å². The molecule has 1 aliphatic heterocycles. The summed E-state index contributed by atoms with van der Waals surface area (Å²) in [6.07, 6.45) is 2.16. The van der Waals surface area contributed by atoms with Crippen molar-refractivity contribution in [3.8, 4) is 0 Å². The van der Waals surface area contributed by atoms with Gasteiger partial charge in [0.05, 0.1) is 19.3 Å². The number of Topliss-reactive ketones (excluding diaryl/α,β-unsaturated/α-hetero) is 4. The van der Waals surface area contributed by atoms with Crippen LogP contribution in [0.25, 0.3) is 0 Å².